The van der Waals surface area contributed by atoms with Gasteiger partial charge in [-0.2, -0.15) is 0 Å². The van der Waals surface area contributed by atoms with Crippen LogP contribution in [0.4, 0.5) is 0 Å². The Bertz CT molecular complexity index is 366. The number of hydrogen-bond donors (Lipinski definition) is 1. The van der Waals surface area contributed by atoms with E-state index in [1.807, 2.05) is 32.6 Å². The van der Waals surface area contributed by atoms with Crippen molar-refractivity contribution in [1.82, 2.24) is 4.90 Å². The van der Waals surface area contributed by atoms with Gasteiger partial charge in [0.15, 0.2) is 5.90 Å². The fourth-order valence-corrected chi connectivity index (χ4v) is 2.07. The van der Waals surface area contributed by atoms with Crippen LogP contribution in [-0.4, -0.2) is 29.8 Å². The Morgan fingerprint density at radius 1 is 1.42 bits per heavy atom. The topological polar surface area (TPSA) is 53.4 Å². The molecule has 4 nitrogen and oxygen atoms in total. The molecule has 0 saturated carbocycles. The first-order valence-corrected chi connectivity index (χ1v) is 7.03. The normalized spacial score (nSPS) is 18.3. The average molecular weight is 266 g/mol. The van der Waals surface area contributed by atoms with Gasteiger partial charge in [-0.25, -0.2) is 0 Å². The molecule has 1 amide bonds. The fraction of sp³-hybridized carbons (Fsp3) is 0.733. The lowest BCUT2D eigenvalue weighted by Crippen LogP contribution is -2.45. The van der Waals surface area contributed by atoms with Gasteiger partial charge in [-0.15, -0.1) is 0 Å². The zero-order valence-electron chi connectivity index (χ0n) is 12.6. The first-order valence-electron chi connectivity index (χ1n) is 7.03. The van der Waals surface area contributed by atoms with Gasteiger partial charge in [0, 0.05) is 30.8 Å². The summed E-state index contributed by atoms with van der Waals surface area (Å²) >= 11 is 0. The summed E-state index contributed by atoms with van der Waals surface area (Å²) in [6.45, 7) is 13.2. The summed E-state index contributed by atoms with van der Waals surface area (Å²) in [6.07, 6.45) is 2.11. The maximum Gasteiger partial charge on any atom is 0.222 e. The molecule has 4 heteroatoms. The highest BCUT2D eigenvalue weighted by atomic mass is 16.5. The van der Waals surface area contributed by atoms with Crippen molar-refractivity contribution < 1.29 is 9.53 Å². The lowest BCUT2D eigenvalue weighted by Gasteiger charge is -2.39. The fourth-order valence-electron chi connectivity index (χ4n) is 2.07. The van der Waals surface area contributed by atoms with Crippen LogP contribution in [0.3, 0.4) is 0 Å². The standard InChI is InChI=1S/C15H26N2O2/c1-6-13(18)17-9-7-15(5,8-10-17)14(16)19-12(4)11(2)3/h11,16H,4,6-10H2,1-3,5H3. The summed E-state index contributed by atoms with van der Waals surface area (Å²) in [5, 5.41) is 8.14. The lowest BCUT2D eigenvalue weighted by molar-refractivity contribution is -0.132. The Morgan fingerprint density at radius 2 is 1.95 bits per heavy atom. The minimum absolute atomic E-state index is 0.195. The molecule has 1 rings (SSSR count). The van der Waals surface area contributed by atoms with Crippen LogP contribution >= 0.6 is 0 Å². The predicted octanol–water partition coefficient (Wildman–Crippen LogP) is 3.19. The second kappa shape index (κ2) is 6.22. The second-order valence-electron chi connectivity index (χ2n) is 5.85. The summed E-state index contributed by atoms with van der Waals surface area (Å²) < 4.78 is 5.56. The highest BCUT2D eigenvalue weighted by Gasteiger charge is 2.37. The Balaban J connectivity index is 2.58. The van der Waals surface area contributed by atoms with Crippen LogP contribution in [0.25, 0.3) is 0 Å². The van der Waals surface area contributed by atoms with E-state index in [1.54, 1.807) is 0 Å². The number of nitrogens with zero attached hydrogens (tertiary/aromatic N) is 1. The molecule has 0 spiro atoms. The van der Waals surface area contributed by atoms with Gasteiger partial charge in [-0.3, -0.25) is 10.2 Å². The number of allylic oxidation sites excluding steroid dienone is 1. The van der Waals surface area contributed by atoms with Gasteiger partial charge in [-0.1, -0.05) is 34.3 Å². The number of hydrogen-bond acceptors (Lipinski definition) is 3. The van der Waals surface area contributed by atoms with Crippen molar-refractivity contribution in [1.29, 1.82) is 5.41 Å². The van der Waals surface area contributed by atoms with Crippen molar-refractivity contribution in [3.05, 3.63) is 12.3 Å². The Hall–Kier alpha value is -1.32. The maximum atomic E-state index is 11.6. The number of piperidine rings is 1. The smallest absolute Gasteiger partial charge is 0.222 e. The van der Waals surface area contributed by atoms with E-state index in [9.17, 15) is 4.79 Å². The van der Waals surface area contributed by atoms with Gasteiger partial charge in [0.1, 0.15) is 5.76 Å². The van der Waals surface area contributed by atoms with Crippen molar-refractivity contribution >= 4 is 11.8 Å². The maximum absolute atomic E-state index is 11.6. The largest absolute Gasteiger partial charge is 0.448 e. The highest BCUT2D eigenvalue weighted by Crippen LogP contribution is 2.33. The molecule has 0 bridgehead atoms. The van der Waals surface area contributed by atoms with Gasteiger partial charge in [0.05, 0.1) is 0 Å². The molecule has 1 fully saturated rings. The van der Waals surface area contributed by atoms with Crippen molar-refractivity contribution in [3.63, 3.8) is 0 Å². The van der Waals surface area contributed by atoms with E-state index in [4.69, 9.17) is 10.1 Å². The predicted molar refractivity (Wildman–Crippen MR) is 77.0 cm³/mol. The molecule has 1 saturated heterocycles. The minimum Gasteiger partial charge on any atom is -0.448 e. The molecule has 0 aromatic heterocycles. The molecule has 19 heavy (non-hydrogen) atoms. The summed E-state index contributed by atoms with van der Waals surface area (Å²) in [7, 11) is 0. The Morgan fingerprint density at radius 3 is 2.37 bits per heavy atom. The average Bonchev–Trinajstić information content (AvgIpc) is 2.38. The number of amides is 1. The van der Waals surface area contributed by atoms with Gasteiger partial charge < -0.3 is 9.64 Å². The third kappa shape index (κ3) is 3.82. The summed E-state index contributed by atoms with van der Waals surface area (Å²) in [5.41, 5.74) is -0.275. The first kappa shape index (κ1) is 15.7. The SMILES string of the molecule is C=C(OC(=N)C1(C)CCN(C(=O)CC)CC1)C(C)C. The van der Waals surface area contributed by atoms with E-state index < -0.39 is 0 Å². The number of rotatable bonds is 4. The van der Waals surface area contributed by atoms with Crippen LogP contribution in [0, 0.1) is 16.7 Å². The first-order chi connectivity index (χ1) is 8.80. The number of ether oxygens (including phenoxy) is 1. The summed E-state index contributed by atoms with van der Waals surface area (Å²) in [4.78, 5) is 13.5. The van der Waals surface area contributed by atoms with Crippen molar-refractivity contribution in [2.24, 2.45) is 11.3 Å². The Labute approximate surface area is 116 Å². The third-order valence-electron chi connectivity index (χ3n) is 3.95. The van der Waals surface area contributed by atoms with Gasteiger partial charge in [0.2, 0.25) is 5.91 Å². The quantitative estimate of drug-likeness (QED) is 0.482. The van der Waals surface area contributed by atoms with Gasteiger partial charge >= 0.3 is 0 Å². The number of likely N-dealkylation sites (tertiary alicyclic amines) is 1. The molecule has 1 aliphatic heterocycles. The van der Waals surface area contributed by atoms with E-state index >= 15 is 0 Å². The van der Waals surface area contributed by atoms with E-state index in [-0.39, 0.29) is 23.1 Å². The zero-order valence-corrected chi connectivity index (χ0v) is 12.6. The molecule has 0 aromatic rings. The van der Waals surface area contributed by atoms with E-state index in [2.05, 4.69) is 6.58 Å². The van der Waals surface area contributed by atoms with Crippen molar-refractivity contribution in [2.75, 3.05) is 13.1 Å². The molecular weight excluding hydrogens is 240 g/mol. The molecule has 108 valence electrons. The van der Waals surface area contributed by atoms with Crippen molar-refractivity contribution in [2.45, 2.75) is 47.0 Å². The molecule has 1 heterocycles. The molecule has 1 aliphatic rings. The Kier molecular flexibility index (Phi) is 5.15. The zero-order chi connectivity index (χ0) is 14.6. The number of nitrogens with one attached hydrogen (secondary N) is 1. The minimum atomic E-state index is -0.275. The van der Waals surface area contributed by atoms with Crippen LogP contribution in [0.5, 0.6) is 0 Å². The van der Waals surface area contributed by atoms with Crippen LogP contribution < -0.4 is 0 Å². The molecule has 0 aliphatic carbocycles. The van der Waals surface area contributed by atoms with Gasteiger partial charge in [-0.05, 0) is 12.8 Å². The number of carbonyl (C=O) groups is 1. The third-order valence-corrected chi connectivity index (χ3v) is 3.95. The van der Waals surface area contributed by atoms with Crippen LogP contribution in [0.2, 0.25) is 0 Å². The van der Waals surface area contributed by atoms with Crippen LogP contribution in [0.15, 0.2) is 12.3 Å². The van der Waals surface area contributed by atoms with Gasteiger partial charge in [0.25, 0.3) is 0 Å². The molecule has 0 unspecified atom stereocenters. The molecule has 0 aromatic carbocycles. The second-order valence-corrected chi connectivity index (χ2v) is 5.85. The van der Waals surface area contributed by atoms with E-state index in [0.29, 0.717) is 25.3 Å². The molecule has 0 atom stereocenters. The highest BCUT2D eigenvalue weighted by molar-refractivity contribution is 5.81. The van der Waals surface area contributed by atoms with Crippen LogP contribution in [-0.2, 0) is 9.53 Å². The summed E-state index contributed by atoms with van der Waals surface area (Å²) in [6, 6.07) is 0. The summed E-state index contributed by atoms with van der Waals surface area (Å²) in [5.74, 6) is 1.33. The van der Waals surface area contributed by atoms with E-state index in [1.165, 1.54) is 0 Å². The van der Waals surface area contributed by atoms with Crippen molar-refractivity contribution in [3.8, 4) is 0 Å². The van der Waals surface area contributed by atoms with Crippen LogP contribution in [0.1, 0.15) is 47.0 Å². The molecule has 0 radical (unpaired) electrons. The molecular formula is C15H26N2O2. The lowest BCUT2D eigenvalue weighted by atomic mass is 9.80. The van der Waals surface area contributed by atoms with E-state index in [0.717, 1.165) is 12.8 Å². The molecule has 1 N–H and O–H groups in total. The monoisotopic (exact) mass is 266 g/mol. The number of carbonyl (C=O) groups excluding carboxylic acids is 1.